The van der Waals surface area contributed by atoms with Crippen molar-refractivity contribution in [2.75, 3.05) is 19.0 Å². The lowest BCUT2D eigenvalue weighted by Gasteiger charge is -2.12. The van der Waals surface area contributed by atoms with Crippen LogP contribution in [0.25, 0.3) is 0 Å². The third kappa shape index (κ3) is 3.31. The topological polar surface area (TPSA) is 43.7 Å². The lowest BCUT2D eigenvalue weighted by molar-refractivity contribution is 0.481. The minimum absolute atomic E-state index is 0.350. The molecule has 0 bridgehead atoms. The first-order chi connectivity index (χ1) is 6.09. The summed E-state index contributed by atoms with van der Waals surface area (Å²) < 4.78 is 0. The van der Waals surface area contributed by atoms with Gasteiger partial charge in [-0.15, -0.1) is 0 Å². The van der Waals surface area contributed by atoms with Gasteiger partial charge in [-0.25, -0.2) is 0 Å². The van der Waals surface area contributed by atoms with Crippen LogP contribution in [-0.4, -0.2) is 23.9 Å². The van der Waals surface area contributed by atoms with Crippen molar-refractivity contribution in [2.45, 2.75) is 6.16 Å². The Bertz CT molecular complexity index is 259. The van der Waals surface area contributed by atoms with Crippen LogP contribution in [0.3, 0.4) is 0 Å². The molecule has 0 aromatic heterocycles. The summed E-state index contributed by atoms with van der Waals surface area (Å²) in [5.41, 5.74) is 2.07. The highest BCUT2D eigenvalue weighted by Crippen LogP contribution is 2.29. The number of rotatable bonds is 3. The number of anilines is 1. The normalized spacial score (nSPS) is 10.5. The molecule has 0 spiro atoms. The summed E-state index contributed by atoms with van der Waals surface area (Å²) >= 11 is 0. The molecule has 1 aromatic rings. The molecule has 0 aliphatic rings. The monoisotopic (exact) mass is 199 g/mol. The van der Waals surface area contributed by atoms with Gasteiger partial charge in [-0.1, -0.05) is 12.1 Å². The molecular weight excluding hydrogens is 185 g/mol. The zero-order valence-corrected chi connectivity index (χ0v) is 8.70. The Morgan fingerprint density at radius 1 is 1.15 bits per heavy atom. The number of hydrogen-bond acceptors (Lipinski definition) is 3. The van der Waals surface area contributed by atoms with Gasteiger partial charge in [0.2, 0.25) is 0 Å². The molecule has 0 fully saturated rings. The SMILES string of the molecule is CN(C)c1ccc(CP(O)O)cc1. The van der Waals surface area contributed by atoms with E-state index in [0.29, 0.717) is 6.16 Å². The molecular formula is C9H14NO2P. The summed E-state index contributed by atoms with van der Waals surface area (Å²) in [5.74, 6) is 0. The van der Waals surface area contributed by atoms with Crippen LogP contribution in [0.15, 0.2) is 24.3 Å². The van der Waals surface area contributed by atoms with Crippen LogP contribution in [0.5, 0.6) is 0 Å². The molecule has 0 atom stereocenters. The van der Waals surface area contributed by atoms with Crippen molar-refractivity contribution in [1.29, 1.82) is 0 Å². The van der Waals surface area contributed by atoms with Crippen LogP contribution >= 0.6 is 8.38 Å². The molecule has 0 amide bonds. The third-order valence-electron chi connectivity index (χ3n) is 1.78. The van der Waals surface area contributed by atoms with Crippen molar-refractivity contribution in [3.05, 3.63) is 29.8 Å². The van der Waals surface area contributed by atoms with Gasteiger partial charge in [0.25, 0.3) is 0 Å². The second kappa shape index (κ2) is 4.56. The van der Waals surface area contributed by atoms with Gasteiger partial charge < -0.3 is 14.7 Å². The zero-order chi connectivity index (χ0) is 9.84. The Morgan fingerprint density at radius 3 is 2.08 bits per heavy atom. The highest BCUT2D eigenvalue weighted by atomic mass is 31.2. The first kappa shape index (κ1) is 10.5. The fraction of sp³-hybridized carbons (Fsp3) is 0.333. The predicted molar refractivity (Wildman–Crippen MR) is 55.8 cm³/mol. The zero-order valence-electron chi connectivity index (χ0n) is 7.81. The van der Waals surface area contributed by atoms with Gasteiger partial charge in [-0.05, 0) is 17.7 Å². The van der Waals surface area contributed by atoms with Crippen LogP contribution in [0, 0.1) is 0 Å². The standard InChI is InChI=1S/C9H14NO2P/c1-10(2)9-5-3-8(4-6-9)7-13(11)12/h3-6,11-12H,7H2,1-2H3. The first-order valence-electron chi connectivity index (χ1n) is 4.01. The lowest BCUT2D eigenvalue weighted by atomic mass is 10.2. The molecule has 0 saturated carbocycles. The number of hydrogen-bond donors (Lipinski definition) is 2. The van der Waals surface area contributed by atoms with Gasteiger partial charge >= 0.3 is 0 Å². The van der Waals surface area contributed by atoms with Crippen molar-refractivity contribution in [3.8, 4) is 0 Å². The summed E-state index contributed by atoms with van der Waals surface area (Å²) in [6.07, 6.45) is 0.350. The fourth-order valence-electron chi connectivity index (χ4n) is 1.06. The average molecular weight is 199 g/mol. The minimum atomic E-state index is -1.82. The maximum Gasteiger partial charge on any atom is 0.169 e. The molecule has 0 heterocycles. The van der Waals surface area contributed by atoms with E-state index in [9.17, 15) is 0 Å². The lowest BCUT2D eigenvalue weighted by Crippen LogP contribution is -2.08. The van der Waals surface area contributed by atoms with Gasteiger partial charge in [0.15, 0.2) is 8.38 Å². The van der Waals surface area contributed by atoms with Gasteiger partial charge in [-0.2, -0.15) is 0 Å². The predicted octanol–water partition coefficient (Wildman–Crippen LogP) is 1.55. The van der Waals surface area contributed by atoms with Gasteiger partial charge in [0.1, 0.15) is 0 Å². The molecule has 0 aliphatic heterocycles. The minimum Gasteiger partial charge on any atom is -0.378 e. The smallest absolute Gasteiger partial charge is 0.169 e. The summed E-state index contributed by atoms with van der Waals surface area (Å²) in [6.45, 7) is 0. The quantitative estimate of drug-likeness (QED) is 0.726. The second-order valence-electron chi connectivity index (χ2n) is 3.09. The van der Waals surface area contributed by atoms with E-state index in [1.807, 2.05) is 43.3 Å². The number of benzene rings is 1. The van der Waals surface area contributed by atoms with Crippen LogP contribution < -0.4 is 4.90 Å². The van der Waals surface area contributed by atoms with E-state index in [-0.39, 0.29) is 0 Å². The highest BCUT2D eigenvalue weighted by molar-refractivity contribution is 7.44. The Hall–Kier alpha value is -0.630. The Balaban J connectivity index is 2.70. The van der Waals surface area contributed by atoms with Crippen molar-refractivity contribution >= 4 is 14.1 Å². The van der Waals surface area contributed by atoms with Crippen molar-refractivity contribution < 1.29 is 9.79 Å². The Labute approximate surface area is 79.5 Å². The summed E-state index contributed by atoms with van der Waals surface area (Å²) in [7, 11) is 2.13. The van der Waals surface area contributed by atoms with E-state index in [1.165, 1.54) is 0 Å². The Kier molecular flexibility index (Phi) is 3.67. The molecule has 2 N–H and O–H groups in total. The molecule has 1 rings (SSSR count). The van der Waals surface area contributed by atoms with E-state index in [4.69, 9.17) is 9.79 Å². The van der Waals surface area contributed by atoms with E-state index in [0.717, 1.165) is 11.3 Å². The maximum atomic E-state index is 8.79. The molecule has 0 unspecified atom stereocenters. The largest absolute Gasteiger partial charge is 0.378 e. The van der Waals surface area contributed by atoms with Crippen molar-refractivity contribution in [1.82, 2.24) is 0 Å². The van der Waals surface area contributed by atoms with Crippen LogP contribution in [0.4, 0.5) is 5.69 Å². The third-order valence-corrected chi connectivity index (χ3v) is 2.42. The molecule has 3 nitrogen and oxygen atoms in total. The number of nitrogens with zero attached hydrogens (tertiary/aromatic N) is 1. The van der Waals surface area contributed by atoms with Crippen LogP contribution in [-0.2, 0) is 6.16 Å². The molecule has 0 radical (unpaired) electrons. The van der Waals surface area contributed by atoms with Crippen LogP contribution in [0.2, 0.25) is 0 Å². The van der Waals surface area contributed by atoms with Gasteiger partial charge in [0.05, 0.1) is 0 Å². The summed E-state index contributed by atoms with van der Waals surface area (Å²) in [6, 6.07) is 7.76. The fourth-order valence-corrected chi connectivity index (χ4v) is 1.60. The van der Waals surface area contributed by atoms with E-state index in [1.54, 1.807) is 0 Å². The van der Waals surface area contributed by atoms with Crippen LogP contribution in [0.1, 0.15) is 5.56 Å². The Morgan fingerprint density at radius 2 is 1.69 bits per heavy atom. The molecule has 72 valence electrons. The average Bonchev–Trinajstić information content (AvgIpc) is 2.04. The van der Waals surface area contributed by atoms with Crippen molar-refractivity contribution in [3.63, 3.8) is 0 Å². The van der Waals surface area contributed by atoms with Gasteiger partial charge in [-0.3, -0.25) is 0 Å². The molecule has 0 saturated heterocycles. The second-order valence-corrected chi connectivity index (χ2v) is 4.15. The van der Waals surface area contributed by atoms with Crippen molar-refractivity contribution in [2.24, 2.45) is 0 Å². The van der Waals surface area contributed by atoms with E-state index >= 15 is 0 Å². The van der Waals surface area contributed by atoms with E-state index < -0.39 is 8.38 Å². The molecule has 1 aromatic carbocycles. The molecule has 13 heavy (non-hydrogen) atoms. The maximum absolute atomic E-state index is 8.79. The van der Waals surface area contributed by atoms with E-state index in [2.05, 4.69) is 0 Å². The molecule has 0 aliphatic carbocycles. The summed E-state index contributed by atoms with van der Waals surface area (Å²) in [4.78, 5) is 19.6. The summed E-state index contributed by atoms with van der Waals surface area (Å²) in [5, 5.41) is 0. The van der Waals surface area contributed by atoms with Gasteiger partial charge in [0, 0.05) is 25.9 Å². The molecule has 4 heteroatoms. The first-order valence-corrected chi connectivity index (χ1v) is 5.44. The highest BCUT2D eigenvalue weighted by Gasteiger charge is 2.01.